The standard InChI is InChI=1S/C24H27ClN2O3/c1-3-26(4-2)14-9-15-27-21(18-12-8-13-19(25)16-18)20(23(29)24(27)30)22(28)17-10-6-5-7-11-17/h5-8,10-13,16,21,28H,3-4,9,14-15H2,1-2H3/t21-/m0/s1. The zero-order chi connectivity index (χ0) is 21.7. The van der Waals surface area contributed by atoms with Crippen LogP contribution >= 0.6 is 11.6 Å². The molecule has 1 N–H and O–H groups in total. The minimum absolute atomic E-state index is 0.108. The summed E-state index contributed by atoms with van der Waals surface area (Å²) in [4.78, 5) is 29.7. The Hall–Kier alpha value is -2.63. The van der Waals surface area contributed by atoms with Gasteiger partial charge in [0.2, 0.25) is 0 Å². The van der Waals surface area contributed by atoms with E-state index in [9.17, 15) is 14.7 Å². The van der Waals surface area contributed by atoms with Crippen LogP contribution in [0.4, 0.5) is 0 Å². The van der Waals surface area contributed by atoms with E-state index in [0.29, 0.717) is 22.7 Å². The first-order chi connectivity index (χ1) is 14.5. The fourth-order valence-electron chi connectivity index (χ4n) is 3.89. The van der Waals surface area contributed by atoms with Crippen molar-refractivity contribution in [3.63, 3.8) is 0 Å². The number of nitrogens with zero attached hydrogens (tertiary/aromatic N) is 2. The van der Waals surface area contributed by atoms with Crippen LogP contribution in [-0.2, 0) is 9.59 Å². The number of carbonyl (C=O) groups excluding carboxylic acids is 2. The Balaban J connectivity index is 2.01. The molecule has 30 heavy (non-hydrogen) atoms. The van der Waals surface area contributed by atoms with Gasteiger partial charge >= 0.3 is 0 Å². The number of aliphatic hydroxyl groups excluding tert-OH is 1. The Morgan fingerprint density at radius 2 is 1.77 bits per heavy atom. The monoisotopic (exact) mass is 426 g/mol. The Kier molecular flexibility index (Phi) is 7.29. The summed E-state index contributed by atoms with van der Waals surface area (Å²) >= 11 is 6.20. The molecule has 158 valence electrons. The number of carbonyl (C=O) groups is 2. The number of Topliss-reactive ketones (excluding diaryl/α,β-unsaturated/α-hetero) is 1. The predicted molar refractivity (Wildman–Crippen MR) is 119 cm³/mol. The quantitative estimate of drug-likeness (QED) is 0.383. The van der Waals surface area contributed by atoms with Gasteiger partial charge in [0.25, 0.3) is 11.7 Å². The first-order valence-corrected chi connectivity index (χ1v) is 10.7. The largest absolute Gasteiger partial charge is 0.507 e. The summed E-state index contributed by atoms with van der Waals surface area (Å²) in [5, 5.41) is 11.5. The zero-order valence-corrected chi connectivity index (χ0v) is 18.1. The smallest absolute Gasteiger partial charge is 0.295 e. The molecular weight excluding hydrogens is 400 g/mol. The van der Waals surface area contributed by atoms with Crippen LogP contribution in [-0.4, -0.2) is 52.8 Å². The summed E-state index contributed by atoms with van der Waals surface area (Å²) in [6.07, 6.45) is 0.733. The molecule has 1 aliphatic rings. The summed E-state index contributed by atoms with van der Waals surface area (Å²) in [5.41, 5.74) is 1.32. The van der Waals surface area contributed by atoms with E-state index in [1.54, 1.807) is 47.4 Å². The topological polar surface area (TPSA) is 60.9 Å². The van der Waals surface area contributed by atoms with Crippen molar-refractivity contribution in [1.82, 2.24) is 9.80 Å². The number of likely N-dealkylation sites (tertiary alicyclic amines) is 1. The first kappa shape index (κ1) is 22.1. The highest BCUT2D eigenvalue weighted by atomic mass is 35.5. The molecule has 1 fully saturated rings. The van der Waals surface area contributed by atoms with E-state index in [-0.39, 0.29) is 11.3 Å². The van der Waals surface area contributed by atoms with Crippen LogP contribution in [0.25, 0.3) is 5.76 Å². The molecule has 0 radical (unpaired) electrons. The number of hydrogen-bond donors (Lipinski definition) is 1. The van der Waals surface area contributed by atoms with Gasteiger partial charge in [-0.05, 0) is 43.8 Å². The van der Waals surface area contributed by atoms with Gasteiger partial charge in [-0.15, -0.1) is 0 Å². The number of amides is 1. The first-order valence-electron chi connectivity index (χ1n) is 10.3. The van der Waals surface area contributed by atoms with Crippen LogP contribution in [0.2, 0.25) is 5.02 Å². The Labute approximate surface area is 182 Å². The maximum Gasteiger partial charge on any atom is 0.295 e. The second kappa shape index (κ2) is 9.92. The number of aliphatic hydroxyl groups is 1. The van der Waals surface area contributed by atoms with Crippen LogP contribution in [0.15, 0.2) is 60.2 Å². The molecule has 1 amide bonds. The van der Waals surface area contributed by atoms with Crippen molar-refractivity contribution in [2.45, 2.75) is 26.3 Å². The number of ketones is 1. The molecule has 1 saturated heterocycles. The summed E-state index contributed by atoms with van der Waals surface area (Å²) in [6, 6.07) is 15.3. The van der Waals surface area contributed by atoms with Gasteiger partial charge in [0.1, 0.15) is 5.76 Å². The summed E-state index contributed by atoms with van der Waals surface area (Å²) in [6.45, 7) is 7.31. The lowest BCUT2D eigenvalue weighted by atomic mass is 9.95. The molecule has 0 spiro atoms. The van der Waals surface area contributed by atoms with Gasteiger partial charge in [0.15, 0.2) is 0 Å². The highest BCUT2D eigenvalue weighted by molar-refractivity contribution is 6.46. The average Bonchev–Trinajstić information content (AvgIpc) is 3.02. The van der Waals surface area contributed by atoms with E-state index >= 15 is 0 Å². The van der Waals surface area contributed by atoms with E-state index in [0.717, 1.165) is 26.1 Å². The van der Waals surface area contributed by atoms with Crippen molar-refractivity contribution in [2.75, 3.05) is 26.2 Å². The lowest BCUT2D eigenvalue weighted by Crippen LogP contribution is -2.33. The van der Waals surface area contributed by atoms with Crippen LogP contribution in [0.3, 0.4) is 0 Å². The molecule has 1 atom stereocenters. The third-order valence-electron chi connectivity index (χ3n) is 5.52. The van der Waals surface area contributed by atoms with Crippen LogP contribution in [0.5, 0.6) is 0 Å². The third-order valence-corrected chi connectivity index (χ3v) is 5.75. The SMILES string of the molecule is CCN(CC)CCCN1C(=O)C(=O)C(=C(O)c2ccccc2)[C@@H]1c1cccc(Cl)c1. The fourth-order valence-corrected chi connectivity index (χ4v) is 4.09. The molecule has 0 bridgehead atoms. The number of halogens is 1. The van der Waals surface area contributed by atoms with Crippen LogP contribution < -0.4 is 0 Å². The lowest BCUT2D eigenvalue weighted by molar-refractivity contribution is -0.140. The molecular formula is C24H27ClN2O3. The Morgan fingerprint density at radius 3 is 2.40 bits per heavy atom. The minimum atomic E-state index is -0.666. The van der Waals surface area contributed by atoms with Crippen LogP contribution in [0.1, 0.15) is 37.4 Å². The molecule has 0 aromatic heterocycles. The molecule has 3 rings (SSSR count). The second-order valence-corrected chi connectivity index (χ2v) is 7.73. The van der Waals surface area contributed by atoms with E-state index in [2.05, 4.69) is 18.7 Å². The number of rotatable bonds is 8. The third kappa shape index (κ3) is 4.58. The fraction of sp³-hybridized carbons (Fsp3) is 0.333. The second-order valence-electron chi connectivity index (χ2n) is 7.29. The van der Waals surface area contributed by atoms with Gasteiger partial charge < -0.3 is 14.9 Å². The molecule has 2 aromatic rings. The van der Waals surface area contributed by atoms with Gasteiger partial charge in [0, 0.05) is 17.1 Å². The molecule has 0 saturated carbocycles. The van der Waals surface area contributed by atoms with Crippen molar-refractivity contribution in [3.8, 4) is 0 Å². The van der Waals surface area contributed by atoms with Crippen molar-refractivity contribution in [3.05, 3.63) is 76.3 Å². The normalized spacial score (nSPS) is 18.4. The predicted octanol–water partition coefficient (Wildman–Crippen LogP) is 4.49. The highest BCUT2D eigenvalue weighted by Gasteiger charge is 2.45. The van der Waals surface area contributed by atoms with Gasteiger partial charge in [-0.3, -0.25) is 9.59 Å². The number of hydrogen-bond acceptors (Lipinski definition) is 4. The highest BCUT2D eigenvalue weighted by Crippen LogP contribution is 2.40. The van der Waals surface area contributed by atoms with Gasteiger partial charge in [0.05, 0.1) is 11.6 Å². The Morgan fingerprint density at radius 1 is 1.07 bits per heavy atom. The summed E-state index contributed by atoms with van der Waals surface area (Å²) in [5.74, 6) is -1.41. The van der Waals surface area contributed by atoms with Crippen molar-refractivity contribution in [1.29, 1.82) is 0 Å². The van der Waals surface area contributed by atoms with E-state index in [1.165, 1.54) is 0 Å². The Bertz CT molecular complexity index is 938. The molecule has 0 unspecified atom stereocenters. The van der Waals surface area contributed by atoms with Crippen molar-refractivity contribution in [2.24, 2.45) is 0 Å². The van der Waals surface area contributed by atoms with Crippen molar-refractivity contribution >= 4 is 29.1 Å². The molecule has 2 aromatic carbocycles. The zero-order valence-electron chi connectivity index (χ0n) is 17.3. The molecule has 0 aliphatic carbocycles. The van der Waals surface area contributed by atoms with Gasteiger partial charge in [-0.2, -0.15) is 0 Å². The number of benzene rings is 2. The summed E-state index contributed by atoms with van der Waals surface area (Å²) < 4.78 is 0. The van der Waals surface area contributed by atoms with Crippen molar-refractivity contribution < 1.29 is 14.7 Å². The molecule has 1 aliphatic heterocycles. The summed E-state index contributed by atoms with van der Waals surface area (Å²) in [7, 11) is 0. The van der Waals surface area contributed by atoms with Crippen LogP contribution in [0, 0.1) is 0 Å². The molecule has 5 nitrogen and oxygen atoms in total. The van der Waals surface area contributed by atoms with E-state index in [1.807, 2.05) is 12.1 Å². The lowest BCUT2D eigenvalue weighted by Gasteiger charge is -2.27. The average molecular weight is 427 g/mol. The molecule has 6 heteroatoms. The van der Waals surface area contributed by atoms with Gasteiger partial charge in [-0.1, -0.05) is 67.9 Å². The van der Waals surface area contributed by atoms with Gasteiger partial charge in [-0.25, -0.2) is 0 Å². The maximum atomic E-state index is 13.0. The minimum Gasteiger partial charge on any atom is -0.507 e. The maximum absolute atomic E-state index is 13.0. The molecule has 1 heterocycles. The van der Waals surface area contributed by atoms with E-state index < -0.39 is 17.7 Å². The van der Waals surface area contributed by atoms with E-state index in [4.69, 9.17) is 11.6 Å².